The van der Waals surface area contributed by atoms with Crippen LogP contribution in [0.2, 0.25) is 5.02 Å². The number of methoxy groups -OCH3 is 1. The summed E-state index contributed by atoms with van der Waals surface area (Å²) in [4.78, 5) is 0. The van der Waals surface area contributed by atoms with E-state index in [1.165, 1.54) is 25.3 Å². The van der Waals surface area contributed by atoms with Gasteiger partial charge in [0.2, 0.25) is 0 Å². The predicted octanol–water partition coefficient (Wildman–Crippen LogP) is 4.40. The number of nitriles is 1. The molecule has 0 unspecified atom stereocenters. The van der Waals surface area contributed by atoms with Crippen LogP contribution >= 0.6 is 11.6 Å². The van der Waals surface area contributed by atoms with Gasteiger partial charge in [0.25, 0.3) is 0 Å². The van der Waals surface area contributed by atoms with Crippen molar-refractivity contribution in [3.05, 3.63) is 52.5 Å². The van der Waals surface area contributed by atoms with Crippen LogP contribution in [-0.4, -0.2) is 13.7 Å². The molecular weight excluding hydrogens is 328 g/mol. The molecule has 0 aliphatic carbocycles. The minimum Gasteiger partial charge on any atom is -0.493 e. The number of nitrogens with zero attached hydrogens (tertiary/aromatic N) is 1. The fourth-order valence-electron chi connectivity index (χ4n) is 1.84. The van der Waals surface area contributed by atoms with Crippen LogP contribution in [0.25, 0.3) is 0 Å². The zero-order valence-electron chi connectivity index (χ0n) is 12.1. The van der Waals surface area contributed by atoms with Crippen LogP contribution in [0.1, 0.15) is 11.1 Å². The molecule has 0 saturated carbocycles. The maximum Gasteiger partial charge on any atom is 0.387 e. The van der Waals surface area contributed by atoms with E-state index in [1.54, 1.807) is 18.2 Å². The van der Waals surface area contributed by atoms with Crippen molar-refractivity contribution in [3.8, 4) is 23.3 Å². The average Bonchev–Trinajstić information content (AvgIpc) is 2.54. The van der Waals surface area contributed by atoms with E-state index in [4.69, 9.17) is 26.3 Å². The van der Waals surface area contributed by atoms with Crippen LogP contribution in [0.5, 0.6) is 17.2 Å². The Balaban J connectivity index is 2.10. The fraction of sp³-hybridized carbons (Fsp3) is 0.188. The molecule has 0 aliphatic heterocycles. The molecule has 0 fully saturated rings. The Morgan fingerprint density at radius 3 is 2.48 bits per heavy atom. The first-order valence-electron chi connectivity index (χ1n) is 6.47. The van der Waals surface area contributed by atoms with Gasteiger partial charge in [-0.25, -0.2) is 0 Å². The zero-order valence-corrected chi connectivity index (χ0v) is 12.8. The maximum absolute atomic E-state index is 12.3. The van der Waals surface area contributed by atoms with Crippen molar-refractivity contribution >= 4 is 11.6 Å². The maximum atomic E-state index is 12.3. The molecule has 0 amide bonds. The Labute approximate surface area is 136 Å². The highest BCUT2D eigenvalue weighted by atomic mass is 35.5. The number of rotatable bonds is 6. The molecule has 23 heavy (non-hydrogen) atoms. The summed E-state index contributed by atoms with van der Waals surface area (Å²) in [6, 6.07) is 11.1. The second-order valence-electron chi connectivity index (χ2n) is 4.41. The molecule has 2 aromatic rings. The average molecular weight is 340 g/mol. The smallest absolute Gasteiger partial charge is 0.387 e. The molecule has 0 N–H and O–H groups in total. The van der Waals surface area contributed by atoms with Gasteiger partial charge in [-0.05, 0) is 35.9 Å². The van der Waals surface area contributed by atoms with E-state index in [0.717, 1.165) is 0 Å². The Morgan fingerprint density at radius 2 is 1.87 bits per heavy atom. The Kier molecular flexibility index (Phi) is 5.61. The minimum atomic E-state index is -2.93. The topological polar surface area (TPSA) is 51.5 Å². The molecule has 0 bridgehead atoms. The van der Waals surface area contributed by atoms with Crippen molar-refractivity contribution in [3.63, 3.8) is 0 Å². The molecule has 120 valence electrons. The van der Waals surface area contributed by atoms with Crippen molar-refractivity contribution in [2.75, 3.05) is 7.11 Å². The zero-order chi connectivity index (χ0) is 16.8. The van der Waals surface area contributed by atoms with E-state index in [1.807, 2.05) is 6.07 Å². The SMILES string of the molecule is COc1cc(COc2ccc(C#N)cc2Cl)ccc1OC(F)F. The lowest BCUT2D eigenvalue weighted by molar-refractivity contribution is -0.0512. The van der Waals surface area contributed by atoms with Gasteiger partial charge < -0.3 is 14.2 Å². The van der Waals surface area contributed by atoms with Crippen LogP contribution in [-0.2, 0) is 6.61 Å². The summed E-state index contributed by atoms with van der Waals surface area (Å²) in [5, 5.41) is 9.09. The minimum absolute atomic E-state index is 0.0531. The molecule has 4 nitrogen and oxygen atoms in total. The van der Waals surface area contributed by atoms with Gasteiger partial charge in [-0.15, -0.1) is 0 Å². The highest BCUT2D eigenvalue weighted by Crippen LogP contribution is 2.31. The Bertz CT molecular complexity index is 732. The number of hydrogen-bond donors (Lipinski definition) is 0. The molecule has 0 spiro atoms. The molecule has 0 saturated heterocycles. The van der Waals surface area contributed by atoms with Gasteiger partial charge in [0, 0.05) is 0 Å². The summed E-state index contributed by atoms with van der Waals surface area (Å²) in [6.45, 7) is -2.78. The van der Waals surface area contributed by atoms with Crippen LogP contribution in [0.15, 0.2) is 36.4 Å². The second-order valence-corrected chi connectivity index (χ2v) is 4.82. The van der Waals surface area contributed by atoms with E-state index in [9.17, 15) is 8.78 Å². The van der Waals surface area contributed by atoms with Gasteiger partial charge in [0.05, 0.1) is 23.8 Å². The van der Waals surface area contributed by atoms with Gasteiger partial charge >= 0.3 is 6.61 Å². The van der Waals surface area contributed by atoms with Crippen molar-refractivity contribution in [2.24, 2.45) is 0 Å². The van der Waals surface area contributed by atoms with Crippen LogP contribution in [0.4, 0.5) is 8.78 Å². The lowest BCUT2D eigenvalue weighted by atomic mass is 10.2. The van der Waals surface area contributed by atoms with Crippen LogP contribution in [0, 0.1) is 11.3 Å². The van der Waals surface area contributed by atoms with Crippen molar-refractivity contribution in [1.29, 1.82) is 5.26 Å². The molecule has 0 atom stereocenters. The molecule has 2 rings (SSSR count). The third-order valence-corrected chi connectivity index (χ3v) is 3.19. The Hall–Kier alpha value is -2.52. The van der Waals surface area contributed by atoms with Gasteiger partial charge in [0.1, 0.15) is 12.4 Å². The van der Waals surface area contributed by atoms with Crippen LogP contribution in [0.3, 0.4) is 0 Å². The van der Waals surface area contributed by atoms with Crippen molar-refractivity contribution in [1.82, 2.24) is 0 Å². The van der Waals surface area contributed by atoms with Crippen LogP contribution < -0.4 is 14.2 Å². The second kappa shape index (κ2) is 7.65. The van der Waals surface area contributed by atoms with E-state index in [-0.39, 0.29) is 18.1 Å². The van der Waals surface area contributed by atoms with Gasteiger partial charge in [-0.3, -0.25) is 0 Å². The molecule has 0 heterocycles. The molecular formula is C16H12ClF2NO3. The van der Waals surface area contributed by atoms with E-state index in [0.29, 0.717) is 21.9 Å². The first kappa shape index (κ1) is 16.8. The van der Waals surface area contributed by atoms with Crippen molar-refractivity contribution < 1.29 is 23.0 Å². The summed E-state index contributed by atoms with van der Waals surface area (Å²) in [7, 11) is 1.36. The quantitative estimate of drug-likeness (QED) is 0.782. The van der Waals surface area contributed by atoms with E-state index >= 15 is 0 Å². The van der Waals surface area contributed by atoms with Gasteiger partial charge in [-0.1, -0.05) is 17.7 Å². The van der Waals surface area contributed by atoms with Gasteiger partial charge in [-0.2, -0.15) is 14.0 Å². The summed E-state index contributed by atoms with van der Waals surface area (Å²) >= 11 is 6.01. The number of alkyl halides is 2. The fourth-order valence-corrected chi connectivity index (χ4v) is 2.08. The number of hydrogen-bond acceptors (Lipinski definition) is 4. The summed E-state index contributed by atoms with van der Waals surface area (Å²) in [5.41, 5.74) is 1.11. The first-order chi connectivity index (χ1) is 11.0. The predicted molar refractivity (Wildman–Crippen MR) is 80.1 cm³/mol. The highest BCUT2D eigenvalue weighted by molar-refractivity contribution is 6.32. The molecule has 0 radical (unpaired) electrons. The number of halogens is 3. The molecule has 2 aromatic carbocycles. The van der Waals surface area contributed by atoms with E-state index in [2.05, 4.69) is 4.74 Å². The molecule has 0 aliphatic rings. The number of benzene rings is 2. The van der Waals surface area contributed by atoms with Crippen molar-refractivity contribution in [2.45, 2.75) is 13.2 Å². The molecule has 0 aromatic heterocycles. The first-order valence-corrected chi connectivity index (χ1v) is 6.85. The highest BCUT2D eigenvalue weighted by Gasteiger charge is 2.11. The van der Waals surface area contributed by atoms with E-state index < -0.39 is 6.61 Å². The standard InChI is InChI=1S/C16H12ClF2NO3/c1-21-15-7-11(3-5-14(15)23-16(18)19)9-22-13-4-2-10(8-20)6-12(13)17/h2-7,16H,9H2,1H3. The monoisotopic (exact) mass is 339 g/mol. The lowest BCUT2D eigenvalue weighted by Gasteiger charge is -2.12. The lowest BCUT2D eigenvalue weighted by Crippen LogP contribution is -2.04. The Morgan fingerprint density at radius 1 is 1.13 bits per heavy atom. The summed E-state index contributed by atoms with van der Waals surface area (Å²) < 4.78 is 39.5. The third kappa shape index (κ3) is 4.47. The molecule has 7 heteroatoms. The summed E-state index contributed by atoms with van der Waals surface area (Å²) in [6.07, 6.45) is 0. The largest absolute Gasteiger partial charge is 0.493 e. The third-order valence-electron chi connectivity index (χ3n) is 2.90. The normalized spacial score (nSPS) is 10.3. The summed E-state index contributed by atoms with van der Waals surface area (Å²) in [5.74, 6) is 0.539. The van der Waals surface area contributed by atoms with Gasteiger partial charge in [0.15, 0.2) is 11.5 Å². The number of ether oxygens (including phenoxy) is 3.